The van der Waals surface area contributed by atoms with E-state index < -0.39 is 13.0 Å². The first-order chi connectivity index (χ1) is 15.0. The van der Waals surface area contributed by atoms with Crippen molar-refractivity contribution in [2.75, 3.05) is 24.6 Å². The Morgan fingerprint density at radius 2 is 1.97 bits per heavy atom. The van der Waals surface area contributed by atoms with E-state index in [0.29, 0.717) is 37.8 Å². The second-order valence-electron chi connectivity index (χ2n) is 7.21. The summed E-state index contributed by atoms with van der Waals surface area (Å²) in [6.07, 6.45) is -0.977. The highest BCUT2D eigenvalue weighted by Crippen LogP contribution is 2.21. The topological polar surface area (TPSA) is 66.0 Å². The third kappa shape index (κ3) is 6.94. The SMILES string of the molecule is CCNC(=NCc1cccc(OCC(F)F)c1)NCc1ccc(N2CCCC2=O)cc1. The first-order valence-electron chi connectivity index (χ1n) is 10.5. The van der Waals surface area contributed by atoms with E-state index in [4.69, 9.17) is 4.74 Å². The minimum Gasteiger partial charge on any atom is -0.488 e. The lowest BCUT2D eigenvalue weighted by Crippen LogP contribution is -2.36. The van der Waals surface area contributed by atoms with E-state index in [1.807, 2.05) is 42.2 Å². The fourth-order valence-corrected chi connectivity index (χ4v) is 3.31. The Bertz CT molecular complexity index is 887. The van der Waals surface area contributed by atoms with Crippen molar-refractivity contribution >= 4 is 17.6 Å². The standard InChI is InChI=1S/C23H28F2N4O2/c1-2-26-23(28-15-18-5-3-6-20(13-18)31-16-21(24)25)27-14-17-8-10-19(11-9-17)29-12-4-7-22(29)30/h3,5-6,8-11,13,21H,2,4,7,12,14-16H2,1H3,(H2,26,27,28). The second kappa shape index (κ2) is 11.3. The van der Waals surface area contributed by atoms with Gasteiger partial charge in [-0.2, -0.15) is 0 Å². The molecule has 3 rings (SSSR count). The molecule has 0 atom stereocenters. The molecule has 1 saturated heterocycles. The van der Waals surface area contributed by atoms with Crippen molar-refractivity contribution in [3.05, 3.63) is 59.7 Å². The van der Waals surface area contributed by atoms with Crippen LogP contribution < -0.4 is 20.3 Å². The zero-order valence-corrected chi connectivity index (χ0v) is 17.6. The van der Waals surface area contributed by atoms with Crippen molar-refractivity contribution in [3.63, 3.8) is 0 Å². The average molecular weight is 430 g/mol. The van der Waals surface area contributed by atoms with E-state index in [2.05, 4.69) is 15.6 Å². The van der Waals surface area contributed by atoms with Crippen LogP contribution >= 0.6 is 0 Å². The fraction of sp³-hybridized carbons (Fsp3) is 0.391. The Morgan fingerprint density at radius 1 is 1.16 bits per heavy atom. The molecule has 0 aliphatic carbocycles. The van der Waals surface area contributed by atoms with Gasteiger partial charge >= 0.3 is 0 Å². The van der Waals surface area contributed by atoms with Crippen molar-refractivity contribution in [3.8, 4) is 5.75 Å². The van der Waals surface area contributed by atoms with Gasteiger partial charge in [0.2, 0.25) is 5.91 Å². The number of nitrogens with zero attached hydrogens (tertiary/aromatic N) is 2. The molecule has 0 saturated carbocycles. The van der Waals surface area contributed by atoms with Crippen LogP contribution in [0.1, 0.15) is 30.9 Å². The number of benzene rings is 2. The Hall–Kier alpha value is -3.16. The predicted octanol–water partition coefficient (Wildman–Crippen LogP) is 3.71. The van der Waals surface area contributed by atoms with Gasteiger partial charge in [0.15, 0.2) is 5.96 Å². The van der Waals surface area contributed by atoms with Crippen LogP contribution in [0.4, 0.5) is 14.5 Å². The van der Waals surface area contributed by atoms with Crippen molar-refractivity contribution in [1.29, 1.82) is 0 Å². The van der Waals surface area contributed by atoms with Crippen molar-refractivity contribution in [1.82, 2.24) is 10.6 Å². The lowest BCUT2D eigenvalue weighted by atomic mass is 10.2. The Balaban J connectivity index is 1.56. The minimum atomic E-state index is -2.50. The van der Waals surface area contributed by atoms with Gasteiger partial charge in [0.05, 0.1) is 6.54 Å². The monoisotopic (exact) mass is 430 g/mol. The molecule has 0 aromatic heterocycles. The highest BCUT2D eigenvalue weighted by molar-refractivity contribution is 5.95. The van der Waals surface area contributed by atoms with Gasteiger partial charge in [-0.15, -0.1) is 0 Å². The van der Waals surface area contributed by atoms with Crippen molar-refractivity contribution in [2.24, 2.45) is 4.99 Å². The molecular formula is C23H28F2N4O2. The Labute approximate surface area is 181 Å². The van der Waals surface area contributed by atoms with Crippen LogP contribution in [0.3, 0.4) is 0 Å². The molecule has 8 heteroatoms. The number of carbonyl (C=O) groups excluding carboxylic acids is 1. The minimum absolute atomic E-state index is 0.177. The Kier molecular flexibility index (Phi) is 8.20. The van der Waals surface area contributed by atoms with Gasteiger partial charge in [0.25, 0.3) is 6.43 Å². The molecule has 6 nitrogen and oxygen atoms in total. The molecule has 0 unspecified atom stereocenters. The number of hydrogen-bond donors (Lipinski definition) is 2. The number of halogens is 2. The summed E-state index contributed by atoms with van der Waals surface area (Å²) in [5.41, 5.74) is 2.87. The first-order valence-corrected chi connectivity index (χ1v) is 10.5. The number of nitrogens with one attached hydrogen (secondary N) is 2. The Morgan fingerprint density at radius 3 is 2.65 bits per heavy atom. The molecule has 1 amide bonds. The highest BCUT2D eigenvalue weighted by atomic mass is 19.3. The number of anilines is 1. The van der Waals surface area contributed by atoms with Crippen LogP contribution in [-0.2, 0) is 17.9 Å². The van der Waals surface area contributed by atoms with Crippen LogP contribution in [0.5, 0.6) is 5.75 Å². The molecular weight excluding hydrogens is 402 g/mol. The molecule has 31 heavy (non-hydrogen) atoms. The predicted molar refractivity (Wildman–Crippen MR) is 118 cm³/mol. The summed E-state index contributed by atoms with van der Waals surface area (Å²) in [5.74, 6) is 1.24. The molecule has 1 aliphatic rings. The summed E-state index contributed by atoms with van der Waals surface area (Å²) in [7, 11) is 0. The molecule has 1 heterocycles. The molecule has 0 spiro atoms. The first kappa shape index (κ1) is 22.5. The quantitative estimate of drug-likeness (QED) is 0.470. The number of guanidine groups is 1. The van der Waals surface area contributed by atoms with E-state index >= 15 is 0 Å². The summed E-state index contributed by atoms with van der Waals surface area (Å²) in [6.45, 7) is 3.82. The van der Waals surface area contributed by atoms with Gasteiger partial charge in [-0.3, -0.25) is 4.79 Å². The van der Waals surface area contributed by atoms with Gasteiger partial charge in [-0.25, -0.2) is 13.8 Å². The van der Waals surface area contributed by atoms with Crippen LogP contribution in [0.25, 0.3) is 0 Å². The molecule has 2 N–H and O–H groups in total. The maximum absolute atomic E-state index is 12.3. The molecule has 1 fully saturated rings. The van der Waals surface area contributed by atoms with Crippen molar-refractivity contribution in [2.45, 2.75) is 39.3 Å². The fourth-order valence-electron chi connectivity index (χ4n) is 3.31. The van der Waals surface area contributed by atoms with Crippen LogP contribution in [-0.4, -0.2) is 38.0 Å². The highest BCUT2D eigenvalue weighted by Gasteiger charge is 2.21. The number of ether oxygens (including phenoxy) is 1. The van der Waals surface area contributed by atoms with E-state index in [9.17, 15) is 13.6 Å². The lowest BCUT2D eigenvalue weighted by molar-refractivity contribution is -0.117. The number of carbonyl (C=O) groups is 1. The average Bonchev–Trinajstić information content (AvgIpc) is 3.21. The van der Waals surface area contributed by atoms with Crippen LogP contribution in [0, 0.1) is 0 Å². The third-order valence-corrected chi connectivity index (χ3v) is 4.82. The summed E-state index contributed by atoms with van der Waals surface area (Å²) in [5, 5.41) is 6.48. The molecule has 2 aromatic carbocycles. The van der Waals surface area contributed by atoms with Crippen molar-refractivity contribution < 1.29 is 18.3 Å². The maximum atomic E-state index is 12.3. The summed E-state index contributed by atoms with van der Waals surface area (Å²) < 4.78 is 29.7. The van der Waals surface area contributed by atoms with E-state index in [1.54, 1.807) is 18.2 Å². The number of rotatable bonds is 9. The number of hydrogen-bond acceptors (Lipinski definition) is 3. The smallest absolute Gasteiger partial charge is 0.272 e. The zero-order chi connectivity index (χ0) is 22.1. The number of aliphatic imine (C=N–C) groups is 1. The summed E-state index contributed by atoms with van der Waals surface area (Å²) in [4.78, 5) is 18.3. The summed E-state index contributed by atoms with van der Waals surface area (Å²) >= 11 is 0. The van der Waals surface area contributed by atoms with E-state index in [1.165, 1.54) is 0 Å². The molecule has 0 bridgehead atoms. The van der Waals surface area contributed by atoms with Gasteiger partial charge in [-0.05, 0) is 48.7 Å². The molecule has 166 valence electrons. The van der Waals surface area contributed by atoms with Crippen LogP contribution in [0.2, 0.25) is 0 Å². The molecule has 2 aromatic rings. The molecule has 0 radical (unpaired) electrons. The van der Waals surface area contributed by atoms with Gasteiger partial charge < -0.3 is 20.3 Å². The van der Waals surface area contributed by atoms with Gasteiger partial charge in [-0.1, -0.05) is 24.3 Å². The van der Waals surface area contributed by atoms with Gasteiger partial charge in [0.1, 0.15) is 12.4 Å². The second-order valence-corrected chi connectivity index (χ2v) is 7.21. The normalized spacial score (nSPS) is 14.3. The number of alkyl halides is 2. The maximum Gasteiger partial charge on any atom is 0.272 e. The van der Waals surface area contributed by atoms with E-state index in [0.717, 1.165) is 29.8 Å². The van der Waals surface area contributed by atoms with E-state index in [-0.39, 0.29) is 5.91 Å². The zero-order valence-electron chi connectivity index (χ0n) is 17.6. The third-order valence-electron chi connectivity index (χ3n) is 4.82. The van der Waals surface area contributed by atoms with Gasteiger partial charge in [0, 0.05) is 31.7 Å². The molecule has 1 aliphatic heterocycles. The van der Waals surface area contributed by atoms with Crippen LogP contribution in [0.15, 0.2) is 53.5 Å². The number of amides is 1. The summed E-state index contributed by atoms with van der Waals surface area (Å²) in [6, 6.07) is 14.9. The largest absolute Gasteiger partial charge is 0.488 e. The lowest BCUT2D eigenvalue weighted by Gasteiger charge is -2.16.